The minimum absolute atomic E-state index is 0.219. The molecule has 3 rings (SSSR count). The van der Waals surface area contributed by atoms with Crippen LogP contribution in [0.5, 0.6) is 0 Å². The highest BCUT2D eigenvalue weighted by atomic mass is 19.1. The predicted molar refractivity (Wildman–Crippen MR) is 121 cm³/mol. The largest absolute Gasteiger partial charge is 0.494 e. The number of nitrogens with zero attached hydrogens (tertiary/aromatic N) is 2. The van der Waals surface area contributed by atoms with Crippen molar-refractivity contribution >= 4 is 12.6 Å². The number of hydrogen-bond donors (Lipinski definition) is 0. The topological polar surface area (TPSA) is 36.3 Å². The van der Waals surface area contributed by atoms with Crippen LogP contribution in [0.3, 0.4) is 0 Å². The van der Waals surface area contributed by atoms with Crippen LogP contribution in [0.2, 0.25) is 0 Å². The van der Waals surface area contributed by atoms with Crippen molar-refractivity contribution in [1.82, 2.24) is 9.55 Å². The highest BCUT2D eigenvalue weighted by Crippen LogP contribution is 2.36. The van der Waals surface area contributed by atoms with Crippen molar-refractivity contribution in [3.63, 3.8) is 0 Å². The summed E-state index contributed by atoms with van der Waals surface area (Å²) >= 11 is 0. The third-order valence-electron chi connectivity index (χ3n) is 6.86. The van der Waals surface area contributed by atoms with Crippen LogP contribution in [0, 0.1) is 11.2 Å². The first kappa shape index (κ1) is 23.0. The second-order valence-corrected chi connectivity index (χ2v) is 10.4. The molecule has 0 amide bonds. The molecule has 2 heterocycles. The molecule has 0 unspecified atom stereocenters. The summed E-state index contributed by atoms with van der Waals surface area (Å²) in [5.74, 6) is 0.773. The second kappa shape index (κ2) is 8.12. The Morgan fingerprint density at radius 1 is 1.10 bits per heavy atom. The number of rotatable bonds is 7. The third-order valence-corrected chi connectivity index (χ3v) is 6.86. The van der Waals surface area contributed by atoms with Gasteiger partial charge >= 0.3 is 7.12 Å². The van der Waals surface area contributed by atoms with Crippen molar-refractivity contribution in [3.05, 3.63) is 47.3 Å². The van der Waals surface area contributed by atoms with Gasteiger partial charge in [-0.15, -0.1) is 0 Å². The van der Waals surface area contributed by atoms with Gasteiger partial charge in [-0.3, -0.25) is 0 Å². The van der Waals surface area contributed by atoms with Crippen LogP contribution < -0.4 is 5.46 Å². The zero-order valence-electron chi connectivity index (χ0n) is 19.8. The van der Waals surface area contributed by atoms with E-state index in [1.165, 1.54) is 0 Å². The number of hydrogen-bond acceptors (Lipinski definition) is 3. The van der Waals surface area contributed by atoms with Gasteiger partial charge in [0.1, 0.15) is 11.6 Å². The normalized spacial score (nSPS) is 18.2. The fourth-order valence-corrected chi connectivity index (χ4v) is 3.64. The van der Waals surface area contributed by atoms with Gasteiger partial charge in [-0.05, 0) is 63.0 Å². The zero-order chi connectivity index (χ0) is 22.3. The van der Waals surface area contributed by atoms with Gasteiger partial charge in [0.2, 0.25) is 0 Å². The molecule has 0 aliphatic carbocycles. The van der Waals surface area contributed by atoms with Crippen LogP contribution in [-0.4, -0.2) is 27.9 Å². The van der Waals surface area contributed by atoms with E-state index in [1.54, 1.807) is 6.07 Å². The summed E-state index contributed by atoms with van der Waals surface area (Å²) in [4.78, 5) is 4.80. The molecule has 1 aliphatic rings. The van der Waals surface area contributed by atoms with Crippen molar-refractivity contribution in [2.45, 2.75) is 85.4 Å². The summed E-state index contributed by atoms with van der Waals surface area (Å²) in [7, 11) is 1.47. The molecule has 0 atom stereocenters. The average Bonchev–Trinajstić information content (AvgIpc) is 3.08. The number of imidazole rings is 1. The molecule has 0 radical (unpaired) electrons. The van der Waals surface area contributed by atoms with Crippen LogP contribution in [0.1, 0.15) is 72.0 Å². The Bertz CT molecular complexity index is 889. The summed E-state index contributed by atoms with van der Waals surface area (Å²) in [6.45, 7) is 14.7. The monoisotopic (exact) mass is 414 g/mol. The molecule has 1 aliphatic heterocycles. The van der Waals surface area contributed by atoms with E-state index in [2.05, 4.69) is 31.5 Å². The molecule has 4 nitrogen and oxygen atoms in total. The van der Waals surface area contributed by atoms with Crippen molar-refractivity contribution < 1.29 is 13.7 Å². The van der Waals surface area contributed by atoms with Gasteiger partial charge in [-0.2, -0.15) is 0 Å². The van der Waals surface area contributed by atoms with Crippen molar-refractivity contribution in [2.75, 3.05) is 0 Å². The maximum atomic E-state index is 14.8. The van der Waals surface area contributed by atoms with Crippen LogP contribution in [0.25, 0.3) is 0 Å². The number of benzene rings is 1. The molecule has 0 spiro atoms. The van der Waals surface area contributed by atoms with E-state index in [9.17, 15) is 4.39 Å². The van der Waals surface area contributed by atoms with Gasteiger partial charge in [0, 0.05) is 19.7 Å². The van der Waals surface area contributed by atoms with Crippen molar-refractivity contribution in [1.29, 1.82) is 0 Å². The van der Waals surface area contributed by atoms with Gasteiger partial charge in [0.25, 0.3) is 0 Å². The minimum atomic E-state index is -0.544. The van der Waals surface area contributed by atoms with E-state index in [-0.39, 0.29) is 11.2 Å². The molecule has 1 aromatic carbocycles. The third kappa shape index (κ3) is 4.81. The van der Waals surface area contributed by atoms with E-state index in [0.717, 1.165) is 29.8 Å². The molecule has 164 valence electrons. The molecule has 0 N–H and O–H groups in total. The van der Waals surface area contributed by atoms with Gasteiger partial charge in [0.15, 0.2) is 0 Å². The lowest BCUT2D eigenvalue weighted by Crippen LogP contribution is -2.41. The first-order valence-corrected chi connectivity index (χ1v) is 11.0. The van der Waals surface area contributed by atoms with Gasteiger partial charge < -0.3 is 13.9 Å². The molecule has 30 heavy (non-hydrogen) atoms. The number of halogens is 1. The fourth-order valence-electron chi connectivity index (χ4n) is 3.64. The average molecular weight is 414 g/mol. The Morgan fingerprint density at radius 2 is 1.73 bits per heavy atom. The molecule has 0 saturated carbocycles. The molecule has 1 saturated heterocycles. The Hall–Kier alpha value is -1.66. The summed E-state index contributed by atoms with van der Waals surface area (Å²) in [6, 6.07) is 5.30. The van der Waals surface area contributed by atoms with Gasteiger partial charge in [-0.1, -0.05) is 39.3 Å². The van der Waals surface area contributed by atoms with Crippen LogP contribution in [0.15, 0.2) is 24.4 Å². The van der Waals surface area contributed by atoms with E-state index >= 15 is 0 Å². The lowest BCUT2D eigenvalue weighted by Gasteiger charge is -2.32. The highest BCUT2D eigenvalue weighted by Gasteiger charge is 2.51. The first-order valence-electron chi connectivity index (χ1n) is 11.0. The number of aromatic nitrogens is 2. The van der Waals surface area contributed by atoms with Crippen LogP contribution in [-0.2, 0) is 35.6 Å². The predicted octanol–water partition coefficient (Wildman–Crippen LogP) is 4.62. The quantitative estimate of drug-likeness (QED) is 0.621. The molecule has 0 bridgehead atoms. The van der Waals surface area contributed by atoms with Crippen molar-refractivity contribution in [2.24, 2.45) is 12.5 Å². The molecule has 6 heteroatoms. The maximum absolute atomic E-state index is 14.8. The lowest BCUT2D eigenvalue weighted by atomic mass is 9.78. The molecule has 1 aromatic heterocycles. The Labute approximate surface area is 181 Å². The first-order chi connectivity index (χ1) is 13.8. The van der Waals surface area contributed by atoms with Gasteiger partial charge in [-0.25, -0.2) is 9.37 Å². The fraction of sp³-hybridized carbons (Fsp3) is 0.625. The summed E-state index contributed by atoms with van der Waals surface area (Å²) < 4.78 is 29.0. The summed E-state index contributed by atoms with van der Waals surface area (Å²) in [6.07, 6.45) is 5.48. The van der Waals surface area contributed by atoms with Gasteiger partial charge in [0.05, 0.1) is 16.9 Å². The Morgan fingerprint density at radius 3 is 2.30 bits per heavy atom. The Balaban J connectivity index is 1.67. The molecule has 1 fully saturated rings. The summed E-state index contributed by atoms with van der Waals surface area (Å²) in [5.41, 5.74) is 1.88. The maximum Gasteiger partial charge on any atom is 0.494 e. The Kier molecular flexibility index (Phi) is 6.23. The molecular formula is C24H36BFN2O2. The van der Waals surface area contributed by atoms with E-state index in [0.29, 0.717) is 18.4 Å². The highest BCUT2D eigenvalue weighted by molar-refractivity contribution is 6.62. The van der Waals surface area contributed by atoms with Crippen LogP contribution in [0.4, 0.5) is 4.39 Å². The van der Waals surface area contributed by atoms with Crippen LogP contribution >= 0.6 is 0 Å². The molecular weight excluding hydrogens is 378 g/mol. The summed E-state index contributed by atoms with van der Waals surface area (Å²) in [5, 5.41) is 0. The molecule has 2 aromatic rings. The van der Waals surface area contributed by atoms with E-state index in [1.807, 2.05) is 46.9 Å². The minimum Gasteiger partial charge on any atom is -0.399 e. The second-order valence-electron chi connectivity index (χ2n) is 10.4. The van der Waals surface area contributed by atoms with Crippen molar-refractivity contribution in [3.8, 4) is 0 Å². The standard InChI is InChI=1S/C24H36BFN2O2/c1-9-22(2,3)15-19-16-28(8)21(27-19)13-11-17-10-12-18(14-20(17)26)25-29-23(4,5)24(6,7)30-25/h10,12,14,16H,9,11,13,15H2,1-8H3. The van der Waals surface area contributed by atoms with E-state index < -0.39 is 18.3 Å². The SMILES string of the molecule is CCC(C)(C)Cc1cn(C)c(CCc2ccc(B3OC(C)(C)C(C)(C)O3)cc2F)n1. The lowest BCUT2D eigenvalue weighted by molar-refractivity contribution is 0.00578. The smallest absolute Gasteiger partial charge is 0.399 e. The number of aryl methyl sites for hydroxylation is 3. The van der Waals surface area contributed by atoms with E-state index in [4.69, 9.17) is 14.3 Å². The zero-order valence-corrected chi connectivity index (χ0v) is 19.8.